The first-order valence-electron chi connectivity index (χ1n) is 7.22. The highest BCUT2D eigenvalue weighted by Gasteiger charge is 2.34. The number of halogens is 1. The number of para-hydroxylation sites is 1. The number of nitrogens with zero attached hydrogens (tertiary/aromatic N) is 1. The van der Waals surface area contributed by atoms with E-state index in [2.05, 4.69) is 10.3 Å². The van der Waals surface area contributed by atoms with Crippen LogP contribution in [0, 0.1) is 0 Å². The van der Waals surface area contributed by atoms with Gasteiger partial charge in [0.2, 0.25) is 0 Å². The molecule has 23 heavy (non-hydrogen) atoms. The smallest absolute Gasteiger partial charge is 0.271 e. The Balaban J connectivity index is 0.00000192. The number of benzene rings is 1. The largest absolute Gasteiger partial charge is 0.487 e. The van der Waals surface area contributed by atoms with Crippen LogP contribution in [0.5, 0.6) is 5.75 Å². The van der Waals surface area contributed by atoms with Crippen LogP contribution in [0.4, 0.5) is 0 Å². The number of fused-ring (bicyclic) bond motifs is 1. The summed E-state index contributed by atoms with van der Waals surface area (Å²) in [5, 5.41) is 5.57. The maximum absolute atomic E-state index is 12.4. The SMILES string of the molecule is CC1(C)CC(NC(=O)c2csc(CN)n2)c2ccccc2O1.Cl. The molecule has 0 saturated heterocycles. The molecule has 7 heteroatoms. The minimum absolute atomic E-state index is 0. The van der Waals surface area contributed by atoms with Crippen LogP contribution in [0.3, 0.4) is 0 Å². The first-order chi connectivity index (χ1) is 10.5. The second-order valence-electron chi connectivity index (χ2n) is 5.96. The van der Waals surface area contributed by atoms with Gasteiger partial charge in [-0.05, 0) is 19.9 Å². The number of amides is 1. The Hall–Kier alpha value is -1.63. The molecular weight excluding hydrogens is 334 g/mol. The van der Waals surface area contributed by atoms with Crippen LogP contribution < -0.4 is 15.8 Å². The van der Waals surface area contributed by atoms with Gasteiger partial charge in [0.15, 0.2) is 0 Å². The molecular formula is C16H20ClN3O2S. The van der Waals surface area contributed by atoms with Crippen molar-refractivity contribution in [1.29, 1.82) is 0 Å². The van der Waals surface area contributed by atoms with E-state index in [-0.39, 0.29) is 30.0 Å². The quantitative estimate of drug-likeness (QED) is 0.889. The summed E-state index contributed by atoms with van der Waals surface area (Å²) in [6.45, 7) is 4.40. The highest BCUT2D eigenvalue weighted by molar-refractivity contribution is 7.09. The van der Waals surface area contributed by atoms with Crippen LogP contribution in [0.25, 0.3) is 0 Å². The molecule has 1 aromatic carbocycles. The molecule has 124 valence electrons. The molecule has 3 N–H and O–H groups in total. The van der Waals surface area contributed by atoms with Crippen molar-refractivity contribution in [2.75, 3.05) is 0 Å². The molecule has 1 aromatic heterocycles. The van der Waals surface area contributed by atoms with Crippen molar-refractivity contribution in [3.05, 3.63) is 45.9 Å². The summed E-state index contributed by atoms with van der Waals surface area (Å²) < 4.78 is 5.98. The maximum Gasteiger partial charge on any atom is 0.271 e. The summed E-state index contributed by atoms with van der Waals surface area (Å²) in [6, 6.07) is 7.73. The fourth-order valence-corrected chi connectivity index (χ4v) is 3.33. The van der Waals surface area contributed by atoms with E-state index >= 15 is 0 Å². The Morgan fingerprint density at radius 3 is 2.91 bits per heavy atom. The molecule has 0 aliphatic carbocycles. The van der Waals surface area contributed by atoms with Crippen molar-refractivity contribution >= 4 is 29.7 Å². The first-order valence-corrected chi connectivity index (χ1v) is 8.10. The molecule has 0 radical (unpaired) electrons. The molecule has 1 aliphatic heterocycles. The first kappa shape index (κ1) is 17.7. The van der Waals surface area contributed by atoms with Crippen molar-refractivity contribution in [2.45, 2.75) is 38.5 Å². The van der Waals surface area contributed by atoms with E-state index in [4.69, 9.17) is 10.5 Å². The molecule has 2 aromatic rings. The van der Waals surface area contributed by atoms with Crippen molar-refractivity contribution in [3.8, 4) is 5.75 Å². The Morgan fingerprint density at radius 1 is 1.48 bits per heavy atom. The van der Waals surface area contributed by atoms with Gasteiger partial charge in [-0.1, -0.05) is 18.2 Å². The number of rotatable bonds is 3. The zero-order chi connectivity index (χ0) is 15.7. The lowest BCUT2D eigenvalue weighted by Crippen LogP contribution is -2.41. The molecule has 1 atom stereocenters. The Labute approximate surface area is 145 Å². The lowest BCUT2D eigenvalue weighted by atomic mass is 9.89. The normalized spacial score (nSPS) is 18.3. The van der Waals surface area contributed by atoms with E-state index in [1.54, 1.807) is 5.38 Å². The van der Waals surface area contributed by atoms with Crippen LogP contribution >= 0.6 is 23.7 Å². The summed E-state index contributed by atoms with van der Waals surface area (Å²) in [5.41, 5.74) is 6.65. The number of hydrogen-bond acceptors (Lipinski definition) is 5. The molecule has 2 heterocycles. The summed E-state index contributed by atoms with van der Waals surface area (Å²) in [4.78, 5) is 16.7. The van der Waals surface area contributed by atoms with Crippen LogP contribution in [-0.4, -0.2) is 16.5 Å². The number of carbonyl (C=O) groups excluding carboxylic acids is 1. The minimum Gasteiger partial charge on any atom is -0.487 e. The summed E-state index contributed by atoms with van der Waals surface area (Å²) >= 11 is 1.40. The van der Waals surface area contributed by atoms with Crippen LogP contribution in [-0.2, 0) is 6.54 Å². The van der Waals surface area contributed by atoms with E-state index in [0.29, 0.717) is 18.7 Å². The minimum atomic E-state index is -0.323. The molecule has 1 amide bonds. The van der Waals surface area contributed by atoms with Crippen LogP contribution in [0.1, 0.15) is 47.4 Å². The van der Waals surface area contributed by atoms with Gasteiger partial charge in [-0.15, -0.1) is 23.7 Å². The highest BCUT2D eigenvalue weighted by Crippen LogP contribution is 2.39. The molecule has 1 aliphatic rings. The zero-order valence-electron chi connectivity index (χ0n) is 13.0. The van der Waals surface area contributed by atoms with Gasteiger partial charge < -0.3 is 15.8 Å². The Morgan fingerprint density at radius 2 is 2.22 bits per heavy atom. The molecule has 0 fully saturated rings. The fraction of sp³-hybridized carbons (Fsp3) is 0.375. The predicted molar refractivity (Wildman–Crippen MR) is 93.2 cm³/mol. The molecule has 0 bridgehead atoms. The summed E-state index contributed by atoms with van der Waals surface area (Å²) in [6.07, 6.45) is 0.712. The van der Waals surface area contributed by atoms with E-state index < -0.39 is 0 Å². The number of ether oxygens (including phenoxy) is 1. The average molecular weight is 354 g/mol. The van der Waals surface area contributed by atoms with Gasteiger partial charge >= 0.3 is 0 Å². The summed E-state index contributed by atoms with van der Waals surface area (Å²) in [5.74, 6) is 0.651. The van der Waals surface area contributed by atoms with Crippen LogP contribution in [0.15, 0.2) is 29.6 Å². The third kappa shape index (κ3) is 3.83. The van der Waals surface area contributed by atoms with Crippen molar-refractivity contribution in [3.63, 3.8) is 0 Å². The van der Waals surface area contributed by atoms with Gasteiger partial charge in [-0.3, -0.25) is 4.79 Å². The molecule has 0 spiro atoms. The van der Waals surface area contributed by atoms with Gasteiger partial charge in [-0.2, -0.15) is 0 Å². The van der Waals surface area contributed by atoms with Gasteiger partial charge in [0.05, 0.1) is 6.04 Å². The predicted octanol–water partition coefficient (Wildman–Crippen LogP) is 3.06. The highest BCUT2D eigenvalue weighted by atomic mass is 35.5. The second kappa shape index (κ2) is 6.86. The maximum atomic E-state index is 12.4. The molecule has 3 rings (SSSR count). The fourth-order valence-electron chi connectivity index (χ4n) is 2.67. The van der Waals surface area contributed by atoms with E-state index in [1.807, 2.05) is 38.1 Å². The number of thiazole rings is 1. The Bertz CT molecular complexity index is 702. The monoisotopic (exact) mass is 353 g/mol. The number of hydrogen-bond donors (Lipinski definition) is 2. The van der Waals surface area contributed by atoms with E-state index in [1.165, 1.54) is 11.3 Å². The molecule has 0 saturated carbocycles. The second-order valence-corrected chi connectivity index (χ2v) is 6.90. The standard InChI is InChI=1S/C16H19N3O2S.ClH/c1-16(2)7-11(10-5-3-4-6-13(10)21-16)19-15(20)12-9-22-14(8-17)18-12;/h3-6,9,11H,7-8,17H2,1-2H3,(H,19,20);1H. The number of nitrogens with two attached hydrogens (primary N) is 1. The molecule has 1 unspecified atom stereocenters. The van der Waals surface area contributed by atoms with Crippen molar-refractivity contribution < 1.29 is 9.53 Å². The number of aromatic nitrogens is 1. The zero-order valence-corrected chi connectivity index (χ0v) is 14.7. The van der Waals surface area contributed by atoms with Crippen LogP contribution in [0.2, 0.25) is 0 Å². The van der Waals surface area contributed by atoms with Gasteiger partial charge in [-0.25, -0.2) is 4.98 Å². The van der Waals surface area contributed by atoms with Gasteiger partial charge in [0.1, 0.15) is 22.1 Å². The summed E-state index contributed by atoms with van der Waals surface area (Å²) in [7, 11) is 0. The third-order valence-corrected chi connectivity index (χ3v) is 4.51. The topological polar surface area (TPSA) is 77.2 Å². The lowest BCUT2D eigenvalue weighted by molar-refractivity contribution is 0.0618. The van der Waals surface area contributed by atoms with Gasteiger partial charge in [0, 0.05) is 23.9 Å². The number of carbonyl (C=O) groups is 1. The average Bonchev–Trinajstić information content (AvgIpc) is 2.95. The van der Waals surface area contributed by atoms with E-state index in [0.717, 1.165) is 16.3 Å². The molecule has 5 nitrogen and oxygen atoms in total. The Kier molecular flexibility index (Phi) is 5.29. The van der Waals surface area contributed by atoms with Crippen molar-refractivity contribution in [2.24, 2.45) is 5.73 Å². The van der Waals surface area contributed by atoms with Gasteiger partial charge in [0.25, 0.3) is 5.91 Å². The van der Waals surface area contributed by atoms with Crippen molar-refractivity contribution in [1.82, 2.24) is 10.3 Å². The van der Waals surface area contributed by atoms with E-state index in [9.17, 15) is 4.79 Å². The number of nitrogens with one attached hydrogen (secondary N) is 1. The lowest BCUT2D eigenvalue weighted by Gasteiger charge is -2.37. The third-order valence-electron chi connectivity index (χ3n) is 3.64.